The molecule has 6 heteroatoms. The molecule has 1 N–H and O–H groups in total. The van der Waals surface area contributed by atoms with Crippen LogP contribution in [0.25, 0.3) is 11.3 Å². The summed E-state index contributed by atoms with van der Waals surface area (Å²) in [4.78, 5) is 15.7. The van der Waals surface area contributed by atoms with E-state index >= 15 is 0 Å². The van der Waals surface area contributed by atoms with E-state index in [9.17, 15) is 4.79 Å². The first-order valence-corrected chi connectivity index (χ1v) is 6.22. The third kappa shape index (κ3) is 2.76. The van der Waals surface area contributed by atoms with Crippen molar-refractivity contribution in [2.24, 2.45) is 0 Å². The molecule has 4 nitrogen and oxygen atoms in total. The van der Waals surface area contributed by atoms with Gasteiger partial charge in [0.1, 0.15) is 6.42 Å². The number of benzene rings is 1. The van der Waals surface area contributed by atoms with Crippen molar-refractivity contribution in [3.8, 4) is 17.3 Å². The summed E-state index contributed by atoms with van der Waals surface area (Å²) in [6.45, 7) is 0. The second-order valence-corrected chi connectivity index (χ2v) is 4.88. The molecule has 88 valence electrons. The average Bonchev–Trinajstić information content (AvgIpc) is 2.71. The van der Waals surface area contributed by atoms with Gasteiger partial charge in [-0.25, -0.2) is 4.98 Å². The minimum atomic E-state index is -0.328. The Balaban J connectivity index is 2.23. The van der Waals surface area contributed by atoms with Gasteiger partial charge in [-0.1, -0.05) is 30.3 Å². The molecular formula is C12H10BN3OS. The topological polar surface area (TPSA) is 65.8 Å². The van der Waals surface area contributed by atoms with Crippen LogP contribution in [0.2, 0.25) is 0 Å². The maximum atomic E-state index is 11.3. The summed E-state index contributed by atoms with van der Waals surface area (Å²) in [5, 5.41) is 11.6. The fourth-order valence-electron chi connectivity index (χ4n) is 1.55. The van der Waals surface area contributed by atoms with Gasteiger partial charge in [0.05, 0.1) is 11.8 Å². The summed E-state index contributed by atoms with van der Waals surface area (Å²) >= 11 is 1.41. The number of hydrogen-bond acceptors (Lipinski definition) is 4. The Bertz CT molecular complexity index is 604. The van der Waals surface area contributed by atoms with E-state index in [1.165, 1.54) is 11.3 Å². The average molecular weight is 255 g/mol. The molecule has 2 aromatic rings. The zero-order chi connectivity index (χ0) is 13.0. The Morgan fingerprint density at radius 3 is 2.83 bits per heavy atom. The number of anilines is 1. The van der Waals surface area contributed by atoms with Crippen molar-refractivity contribution >= 4 is 35.0 Å². The minimum Gasteiger partial charge on any atom is -0.301 e. The van der Waals surface area contributed by atoms with Crippen LogP contribution < -0.4 is 10.1 Å². The summed E-state index contributed by atoms with van der Waals surface area (Å²) in [5.41, 5.74) is 1.89. The van der Waals surface area contributed by atoms with Crippen molar-refractivity contribution in [3.05, 3.63) is 30.3 Å². The maximum absolute atomic E-state index is 11.3. The predicted molar refractivity (Wildman–Crippen MR) is 74.6 cm³/mol. The van der Waals surface area contributed by atoms with Gasteiger partial charge in [-0.3, -0.25) is 4.79 Å². The number of carbonyl (C=O) groups excluding carboxylic acids is 1. The number of thiazole rings is 1. The fourth-order valence-corrected chi connectivity index (χ4v) is 2.40. The number of carbonyl (C=O) groups is 1. The van der Waals surface area contributed by atoms with E-state index in [0.29, 0.717) is 5.13 Å². The molecule has 18 heavy (non-hydrogen) atoms. The van der Waals surface area contributed by atoms with E-state index in [1.807, 2.05) is 38.2 Å². The molecule has 0 saturated carbocycles. The van der Waals surface area contributed by atoms with Gasteiger partial charge in [-0.2, -0.15) is 5.26 Å². The van der Waals surface area contributed by atoms with Gasteiger partial charge < -0.3 is 5.32 Å². The molecule has 0 aliphatic rings. The Labute approximate surface area is 110 Å². The lowest BCUT2D eigenvalue weighted by atomic mass is 10.0. The molecule has 1 amide bonds. The van der Waals surface area contributed by atoms with Crippen molar-refractivity contribution in [2.75, 3.05) is 5.32 Å². The molecule has 0 aliphatic carbocycles. The molecule has 0 unspecified atom stereocenters. The molecule has 0 saturated heterocycles. The van der Waals surface area contributed by atoms with Crippen LogP contribution >= 0.6 is 11.3 Å². The third-order valence-corrected chi connectivity index (χ3v) is 3.22. The molecule has 0 fully saturated rings. The predicted octanol–water partition coefficient (Wildman–Crippen LogP) is 0.921. The van der Waals surface area contributed by atoms with Crippen LogP contribution in [-0.2, 0) is 4.79 Å². The second-order valence-electron chi connectivity index (χ2n) is 3.67. The molecule has 0 aliphatic heterocycles. The highest BCUT2D eigenvalue weighted by Crippen LogP contribution is 2.21. The molecule has 0 bridgehead atoms. The lowest BCUT2D eigenvalue weighted by Crippen LogP contribution is -2.09. The molecular weight excluding hydrogens is 245 g/mol. The van der Waals surface area contributed by atoms with E-state index in [4.69, 9.17) is 5.26 Å². The first kappa shape index (κ1) is 12.3. The number of aromatic nitrogens is 1. The van der Waals surface area contributed by atoms with Crippen LogP contribution in [0.15, 0.2) is 30.3 Å². The smallest absolute Gasteiger partial charge is 0.240 e. The van der Waals surface area contributed by atoms with E-state index in [2.05, 4.69) is 10.3 Å². The standard InChI is InChI=1S/C12H10BN3OS/c13-11-10(8-4-2-1-3-5-8)16-12(18-11)15-9(17)6-7-14/h1-5H,6,13H2,(H,15,16,17). The highest BCUT2D eigenvalue weighted by Gasteiger charge is 2.11. The van der Waals surface area contributed by atoms with Crippen molar-refractivity contribution in [1.29, 1.82) is 5.26 Å². The first-order valence-electron chi connectivity index (χ1n) is 5.40. The molecule has 0 atom stereocenters. The van der Waals surface area contributed by atoms with Crippen LogP contribution in [-0.4, -0.2) is 18.7 Å². The lowest BCUT2D eigenvalue weighted by Gasteiger charge is -1.97. The van der Waals surface area contributed by atoms with Crippen LogP contribution in [0.1, 0.15) is 6.42 Å². The molecule has 0 radical (unpaired) electrons. The van der Waals surface area contributed by atoms with E-state index in [1.54, 1.807) is 6.07 Å². The van der Waals surface area contributed by atoms with E-state index in [-0.39, 0.29) is 12.3 Å². The summed E-state index contributed by atoms with van der Waals surface area (Å²) in [6, 6.07) is 11.6. The Morgan fingerprint density at radius 1 is 1.44 bits per heavy atom. The Kier molecular flexibility index (Phi) is 3.75. The number of amides is 1. The van der Waals surface area contributed by atoms with Crippen molar-refractivity contribution in [1.82, 2.24) is 4.98 Å². The Morgan fingerprint density at radius 2 is 2.17 bits per heavy atom. The van der Waals surface area contributed by atoms with Gasteiger partial charge in [0, 0.05) is 5.56 Å². The lowest BCUT2D eigenvalue weighted by molar-refractivity contribution is -0.115. The summed E-state index contributed by atoms with van der Waals surface area (Å²) in [5.74, 6) is -0.328. The highest BCUT2D eigenvalue weighted by molar-refractivity contribution is 7.23. The normalized spacial score (nSPS) is 9.72. The SMILES string of the molecule is Bc1sc(NC(=O)CC#N)nc1-c1ccccc1. The van der Waals surface area contributed by atoms with Gasteiger partial charge in [0.15, 0.2) is 13.0 Å². The van der Waals surface area contributed by atoms with Gasteiger partial charge >= 0.3 is 0 Å². The molecule has 1 aromatic carbocycles. The summed E-state index contributed by atoms with van der Waals surface area (Å²) in [7, 11) is 1.96. The first-order chi connectivity index (χ1) is 8.70. The van der Waals surface area contributed by atoms with Gasteiger partial charge in [-0.05, 0) is 4.78 Å². The molecule has 1 heterocycles. The molecule has 2 rings (SSSR count). The third-order valence-electron chi connectivity index (χ3n) is 2.33. The van der Waals surface area contributed by atoms with Crippen LogP contribution in [0, 0.1) is 11.3 Å². The van der Waals surface area contributed by atoms with Crippen LogP contribution in [0.3, 0.4) is 0 Å². The zero-order valence-electron chi connectivity index (χ0n) is 9.80. The van der Waals surface area contributed by atoms with Crippen LogP contribution in [0.5, 0.6) is 0 Å². The highest BCUT2D eigenvalue weighted by atomic mass is 32.1. The zero-order valence-corrected chi connectivity index (χ0v) is 10.6. The number of nitrogens with zero attached hydrogens (tertiary/aromatic N) is 2. The van der Waals surface area contributed by atoms with E-state index in [0.717, 1.165) is 16.0 Å². The largest absolute Gasteiger partial charge is 0.301 e. The number of nitriles is 1. The van der Waals surface area contributed by atoms with Gasteiger partial charge in [0.2, 0.25) is 5.91 Å². The van der Waals surface area contributed by atoms with Crippen molar-refractivity contribution in [2.45, 2.75) is 6.42 Å². The maximum Gasteiger partial charge on any atom is 0.240 e. The minimum absolute atomic E-state index is 0.153. The monoisotopic (exact) mass is 255 g/mol. The number of hydrogen-bond donors (Lipinski definition) is 1. The Hall–Kier alpha value is -2.13. The fraction of sp³-hybridized carbons (Fsp3) is 0.0833. The summed E-state index contributed by atoms with van der Waals surface area (Å²) in [6.07, 6.45) is -0.153. The van der Waals surface area contributed by atoms with Gasteiger partial charge in [-0.15, -0.1) is 11.3 Å². The van der Waals surface area contributed by atoms with E-state index < -0.39 is 0 Å². The number of nitrogens with one attached hydrogen (secondary N) is 1. The quantitative estimate of drug-likeness (QED) is 0.829. The summed E-state index contributed by atoms with van der Waals surface area (Å²) < 4.78 is 1.04. The van der Waals surface area contributed by atoms with Crippen molar-refractivity contribution < 1.29 is 4.79 Å². The number of rotatable bonds is 3. The molecule has 1 aromatic heterocycles. The second kappa shape index (κ2) is 5.47. The molecule has 0 spiro atoms. The van der Waals surface area contributed by atoms with Gasteiger partial charge in [0.25, 0.3) is 0 Å². The van der Waals surface area contributed by atoms with Crippen LogP contribution in [0.4, 0.5) is 5.13 Å². The van der Waals surface area contributed by atoms with Crippen molar-refractivity contribution in [3.63, 3.8) is 0 Å².